The first-order chi connectivity index (χ1) is 15.0. The zero-order chi connectivity index (χ0) is 22.0. The molecule has 1 fully saturated rings. The fourth-order valence-corrected chi connectivity index (χ4v) is 4.32. The molecule has 1 saturated heterocycles. The van der Waals surface area contributed by atoms with Gasteiger partial charge < -0.3 is 14.9 Å². The summed E-state index contributed by atoms with van der Waals surface area (Å²) in [4.78, 5) is 24.0. The van der Waals surface area contributed by atoms with Crippen molar-refractivity contribution < 1.29 is 9.18 Å². The number of benzene rings is 1. The number of carbonyl (C=O) groups is 1. The van der Waals surface area contributed by atoms with Gasteiger partial charge in [0.15, 0.2) is 0 Å². The lowest BCUT2D eigenvalue weighted by Gasteiger charge is -2.18. The number of hydrogen-bond donors (Lipinski definition) is 2. The van der Waals surface area contributed by atoms with E-state index in [2.05, 4.69) is 24.9 Å². The minimum atomic E-state index is -0.490. The van der Waals surface area contributed by atoms with Crippen molar-refractivity contribution in [1.82, 2.24) is 15.3 Å². The van der Waals surface area contributed by atoms with Crippen molar-refractivity contribution in [2.45, 2.75) is 32.7 Å². The molecule has 1 amide bonds. The van der Waals surface area contributed by atoms with E-state index in [0.717, 1.165) is 35.5 Å². The average Bonchev–Trinajstić information content (AvgIpc) is 3.30. The van der Waals surface area contributed by atoms with Crippen molar-refractivity contribution in [3.05, 3.63) is 59.2 Å². The number of rotatable bonds is 6. The van der Waals surface area contributed by atoms with Crippen LogP contribution in [0.15, 0.2) is 36.7 Å². The van der Waals surface area contributed by atoms with E-state index < -0.39 is 6.04 Å². The Morgan fingerprint density at radius 2 is 1.84 bits per heavy atom. The molecule has 0 spiro atoms. The normalized spacial score (nSPS) is 14.6. The van der Waals surface area contributed by atoms with E-state index in [4.69, 9.17) is 0 Å². The number of pyridine rings is 2. The van der Waals surface area contributed by atoms with E-state index >= 15 is 0 Å². The highest BCUT2D eigenvalue weighted by Gasteiger charge is 2.18. The highest BCUT2D eigenvalue weighted by atomic mass is 32.2. The van der Waals surface area contributed by atoms with Gasteiger partial charge in [-0.25, -0.2) is 4.39 Å². The van der Waals surface area contributed by atoms with Gasteiger partial charge in [0.25, 0.3) is 5.91 Å². The fourth-order valence-electron chi connectivity index (χ4n) is 3.88. The van der Waals surface area contributed by atoms with Crippen molar-refractivity contribution in [3.8, 4) is 0 Å². The van der Waals surface area contributed by atoms with Crippen LogP contribution in [0, 0.1) is 12.7 Å². The standard InChI is InChI=1S/C23H26FN5OS/c1-14-8-18(19(24)11-20(14)28-31-3)15(2)27-23(30)16-9-21-22(25-12-16)10-17(13-26-21)29-6-4-5-7-29/h8-13,15,28H,4-7H2,1-3H3,(H,27,30). The lowest BCUT2D eigenvalue weighted by molar-refractivity contribution is 0.0939. The van der Waals surface area contributed by atoms with Gasteiger partial charge in [-0.1, -0.05) is 11.9 Å². The van der Waals surface area contributed by atoms with Gasteiger partial charge in [0.1, 0.15) is 5.82 Å². The zero-order valence-electron chi connectivity index (χ0n) is 17.9. The van der Waals surface area contributed by atoms with Crippen LogP contribution in [0.5, 0.6) is 0 Å². The molecule has 3 aromatic rings. The Bertz CT molecular complexity index is 1120. The minimum Gasteiger partial charge on any atom is -0.370 e. The first-order valence-electron chi connectivity index (χ1n) is 10.4. The van der Waals surface area contributed by atoms with Crippen LogP contribution in [0.1, 0.15) is 47.3 Å². The molecule has 31 heavy (non-hydrogen) atoms. The van der Waals surface area contributed by atoms with Gasteiger partial charge in [-0.15, -0.1) is 0 Å². The quantitative estimate of drug-likeness (QED) is 0.535. The second-order valence-electron chi connectivity index (χ2n) is 7.84. The molecule has 4 rings (SSSR count). The molecule has 2 aromatic heterocycles. The summed E-state index contributed by atoms with van der Waals surface area (Å²) in [6.07, 6.45) is 7.65. The number of nitrogens with zero attached hydrogens (tertiary/aromatic N) is 3. The summed E-state index contributed by atoms with van der Waals surface area (Å²) >= 11 is 1.41. The van der Waals surface area contributed by atoms with Gasteiger partial charge in [-0.3, -0.25) is 14.8 Å². The van der Waals surface area contributed by atoms with Crippen LogP contribution in [-0.2, 0) is 0 Å². The molecular weight excluding hydrogens is 413 g/mol. The molecule has 6 nitrogen and oxygen atoms in total. The maximum atomic E-state index is 14.6. The Morgan fingerprint density at radius 3 is 2.58 bits per heavy atom. The van der Waals surface area contributed by atoms with Crippen molar-refractivity contribution in [2.75, 3.05) is 29.0 Å². The maximum Gasteiger partial charge on any atom is 0.253 e. The maximum absolute atomic E-state index is 14.6. The molecular formula is C23H26FN5OS. The highest BCUT2D eigenvalue weighted by Crippen LogP contribution is 2.27. The third-order valence-electron chi connectivity index (χ3n) is 5.62. The van der Waals surface area contributed by atoms with Crippen LogP contribution in [0.4, 0.5) is 15.8 Å². The van der Waals surface area contributed by atoms with Gasteiger partial charge in [0, 0.05) is 36.8 Å². The third kappa shape index (κ3) is 4.58. The summed E-state index contributed by atoms with van der Waals surface area (Å²) in [5, 5.41) is 2.87. The number of amides is 1. The van der Waals surface area contributed by atoms with E-state index in [1.807, 2.05) is 25.4 Å². The molecule has 1 aliphatic heterocycles. The minimum absolute atomic E-state index is 0.310. The summed E-state index contributed by atoms with van der Waals surface area (Å²) in [5.41, 5.74) is 4.97. The summed E-state index contributed by atoms with van der Waals surface area (Å²) in [6.45, 7) is 5.75. The van der Waals surface area contributed by atoms with Crippen LogP contribution < -0.4 is 14.9 Å². The smallest absolute Gasteiger partial charge is 0.253 e. The Kier molecular flexibility index (Phi) is 6.27. The monoisotopic (exact) mass is 439 g/mol. The molecule has 0 bridgehead atoms. The number of halogens is 1. The fraction of sp³-hybridized carbons (Fsp3) is 0.348. The Balaban J connectivity index is 1.51. The lowest BCUT2D eigenvalue weighted by Crippen LogP contribution is -2.27. The first kappa shape index (κ1) is 21.4. The Labute approximate surface area is 185 Å². The summed E-state index contributed by atoms with van der Waals surface area (Å²) < 4.78 is 17.7. The number of nitrogens with one attached hydrogen (secondary N) is 2. The molecule has 8 heteroatoms. The molecule has 1 aliphatic rings. The summed E-state index contributed by atoms with van der Waals surface area (Å²) in [5.74, 6) is -0.668. The van der Waals surface area contributed by atoms with E-state index in [1.165, 1.54) is 30.9 Å². The molecule has 162 valence electrons. The predicted molar refractivity (Wildman–Crippen MR) is 125 cm³/mol. The van der Waals surface area contributed by atoms with E-state index in [0.29, 0.717) is 16.6 Å². The van der Waals surface area contributed by atoms with Crippen LogP contribution >= 0.6 is 11.9 Å². The van der Waals surface area contributed by atoms with Crippen LogP contribution in [0.2, 0.25) is 0 Å². The summed E-state index contributed by atoms with van der Waals surface area (Å²) in [7, 11) is 0. The van der Waals surface area contributed by atoms with E-state index in [1.54, 1.807) is 25.3 Å². The number of fused-ring (bicyclic) bond motifs is 1. The van der Waals surface area contributed by atoms with Crippen LogP contribution in [0.3, 0.4) is 0 Å². The second kappa shape index (κ2) is 9.09. The molecule has 3 heterocycles. The second-order valence-corrected chi connectivity index (χ2v) is 8.45. The van der Waals surface area contributed by atoms with Gasteiger partial charge in [0.05, 0.1) is 34.5 Å². The number of hydrogen-bond acceptors (Lipinski definition) is 6. The Morgan fingerprint density at radius 1 is 1.13 bits per heavy atom. The van der Waals surface area contributed by atoms with Crippen molar-refractivity contribution in [3.63, 3.8) is 0 Å². The van der Waals surface area contributed by atoms with Gasteiger partial charge in [-0.2, -0.15) is 0 Å². The zero-order valence-corrected chi connectivity index (χ0v) is 18.7. The van der Waals surface area contributed by atoms with Crippen LogP contribution in [-0.4, -0.2) is 35.2 Å². The topological polar surface area (TPSA) is 70.2 Å². The van der Waals surface area contributed by atoms with Crippen molar-refractivity contribution >= 4 is 40.3 Å². The van der Waals surface area contributed by atoms with Gasteiger partial charge in [0.2, 0.25) is 0 Å². The molecule has 0 radical (unpaired) electrons. The summed E-state index contributed by atoms with van der Waals surface area (Å²) in [6, 6.07) is 6.48. The predicted octanol–water partition coefficient (Wildman–Crippen LogP) is 4.86. The third-order valence-corrected chi connectivity index (χ3v) is 6.05. The van der Waals surface area contributed by atoms with Gasteiger partial charge >= 0.3 is 0 Å². The van der Waals surface area contributed by atoms with Crippen LogP contribution in [0.25, 0.3) is 11.0 Å². The SMILES string of the molecule is CSNc1cc(F)c(C(C)NC(=O)c2cnc3cc(N4CCCC4)cnc3c2)cc1C. The molecule has 1 aromatic carbocycles. The van der Waals surface area contributed by atoms with Gasteiger partial charge in [-0.05, 0) is 56.5 Å². The molecule has 2 N–H and O–H groups in total. The molecule has 1 atom stereocenters. The first-order valence-corrected chi connectivity index (χ1v) is 11.6. The molecule has 0 saturated carbocycles. The largest absolute Gasteiger partial charge is 0.370 e. The number of carbonyl (C=O) groups excluding carboxylic acids is 1. The van der Waals surface area contributed by atoms with Crippen molar-refractivity contribution in [2.24, 2.45) is 0 Å². The highest BCUT2D eigenvalue weighted by molar-refractivity contribution is 7.99. The van der Waals surface area contributed by atoms with E-state index in [-0.39, 0.29) is 11.7 Å². The Hall–Kier alpha value is -2.87. The average molecular weight is 440 g/mol. The number of aryl methyl sites for hydroxylation is 1. The number of aromatic nitrogens is 2. The molecule has 0 aliphatic carbocycles. The lowest BCUT2D eigenvalue weighted by atomic mass is 10.0. The molecule has 1 unspecified atom stereocenters. The van der Waals surface area contributed by atoms with E-state index in [9.17, 15) is 9.18 Å². The number of anilines is 2. The van der Waals surface area contributed by atoms with Crippen molar-refractivity contribution in [1.29, 1.82) is 0 Å².